The fourth-order valence-electron chi connectivity index (χ4n) is 1.56. The molecule has 106 valence electrons. The molecule has 0 aliphatic heterocycles. The molecule has 6 nitrogen and oxygen atoms in total. The number of aryl methyl sites for hydroxylation is 1. The molecule has 1 aromatic heterocycles. The largest absolute Gasteiger partial charge is 0.444 e. The molecule has 1 heterocycles. The number of amides is 1. The zero-order valence-electron chi connectivity index (χ0n) is 12.2. The van der Waals surface area contributed by atoms with Gasteiger partial charge in [0, 0.05) is 0 Å². The molecule has 1 amide bonds. The predicted molar refractivity (Wildman–Crippen MR) is 71.9 cm³/mol. The molecule has 0 aromatic carbocycles. The zero-order chi connectivity index (χ0) is 14.8. The summed E-state index contributed by atoms with van der Waals surface area (Å²) in [6, 6.07) is 1.64. The predicted octanol–water partition coefficient (Wildman–Crippen LogP) is 2.36. The number of hydrogen-bond donors (Lipinski definition) is 2. The molecule has 0 bridgehead atoms. The van der Waals surface area contributed by atoms with E-state index in [1.54, 1.807) is 47.6 Å². The van der Waals surface area contributed by atoms with Gasteiger partial charge in [-0.3, -0.25) is 5.32 Å². The summed E-state index contributed by atoms with van der Waals surface area (Å²) in [5.74, 6) is 0.291. The number of aromatic nitrogens is 2. The van der Waals surface area contributed by atoms with Gasteiger partial charge < -0.3 is 9.84 Å². The number of anilines is 1. The van der Waals surface area contributed by atoms with Crippen LogP contribution in [0.1, 0.15) is 45.9 Å². The van der Waals surface area contributed by atoms with Gasteiger partial charge in [-0.15, -0.1) is 5.10 Å². The maximum absolute atomic E-state index is 11.6. The van der Waals surface area contributed by atoms with Crippen LogP contribution in [0.5, 0.6) is 0 Å². The lowest BCUT2D eigenvalue weighted by Gasteiger charge is -2.20. The summed E-state index contributed by atoms with van der Waals surface area (Å²) in [6.45, 7) is 10.4. The van der Waals surface area contributed by atoms with Gasteiger partial charge in [0.25, 0.3) is 0 Å². The van der Waals surface area contributed by atoms with E-state index in [1.165, 1.54) is 0 Å². The zero-order valence-corrected chi connectivity index (χ0v) is 12.2. The molecule has 0 unspecified atom stereocenters. The average Bonchev–Trinajstić information content (AvgIpc) is 2.11. The molecule has 1 aromatic rings. The smallest absolute Gasteiger partial charge is 0.413 e. The van der Waals surface area contributed by atoms with Gasteiger partial charge in [0.2, 0.25) is 0 Å². The van der Waals surface area contributed by atoms with Gasteiger partial charge in [-0.2, -0.15) is 5.10 Å². The van der Waals surface area contributed by atoms with Gasteiger partial charge in [0.05, 0.1) is 5.69 Å². The summed E-state index contributed by atoms with van der Waals surface area (Å²) in [7, 11) is 0. The molecule has 0 atom stereocenters. The fourth-order valence-corrected chi connectivity index (χ4v) is 1.56. The Hall–Kier alpha value is -1.69. The van der Waals surface area contributed by atoms with Gasteiger partial charge in [-0.25, -0.2) is 4.79 Å². The average molecular weight is 267 g/mol. The third-order valence-electron chi connectivity index (χ3n) is 2.19. The number of carbonyl (C=O) groups excluding carboxylic acids is 1. The Morgan fingerprint density at radius 1 is 1.26 bits per heavy atom. The monoisotopic (exact) mass is 267 g/mol. The Morgan fingerprint density at radius 2 is 1.84 bits per heavy atom. The van der Waals surface area contributed by atoms with Gasteiger partial charge in [0.15, 0.2) is 5.82 Å². The maximum Gasteiger partial charge on any atom is 0.413 e. The van der Waals surface area contributed by atoms with Crippen LogP contribution >= 0.6 is 0 Å². The molecule has 1 rings (SSSR count). The van der Waals surface area contributed by atoms with Gasteiger partial charge >= 0.3 is 6.09 Å². The molecule has 0 saturated carbocycles. The van der Waals surface area contributed by atoms with E-state index in [4.69, 9.17) is 4.74 Å². The van der Waals surface area contributed by atoms with E-state index in [9.17, 15) is 9.90 Å². The van der Waals surface area contributed by atoms with Crippen molar-refractivity contribution >= 4 is 11.9 Å². The van der Waals surface area contributed by atoms with Crippen molar-refractivity contribution in [2.45, 2.75) is 52.7 Å². The Morgan fingerprint density at radius 3 is 2.26 bits per heavy atom. The van der Waals surface area contributed by atoms with Crippen molar-refractivity contribution in [3.8, 4) is 0 Å². The third-order valence-corrected chi connectivity index (χ3v) is 2.19. The number of nitrogens with zero attached hydrogens (tertiary/aromatic N) is 2. The minimum atomic E-state index is -1.07. The highest BCUT2D eigenvalue weighted by Crippen LogP contribution is 2.21. The Kier molecular flexibility index (Phi) is 4.15. The fraction of sp³-hybridized carbons (Fsp3) is 0.615. The molecular formula is C13H21N3O3. The van der Waals surface area contributed by atoms with Crippen LogP contribution in [-0.4, -0.2) is 27.0 Å². The van der Waals surface area contributed by atoms with Crippen LogP contribution in [0.4, 0.5) is 10.6 Å². The molecule has 0 saturated heterocycles. The van der Waals surface area contributed by atoms with E-state index in [0.717, 1.165) is 5.56 Å². The first-order valence-corrected chi connectivity index (χ1v) is 6.06. The van der Waals surface area contributed by atoms with Crippen molar-refractivity contribution in [2.75, 3.05) is 5.32 Å². The minimum Gasteiger partial charge on any atom is -0.444 e. The van der Waals surface area contributed by atoms with Gasteiger partial charge in [0.1, 0.15) is 11.2 Å². The summed E-state index contributed by atoms with van der Waals surface area (Å²) in [5.41, 5.74) is -0.419. The molecule has 0 radical (unpaired) electrons. The highest BCUT2D eigenvalue weighted by molar-refractivity contribution is 5.83. The molecule has 19 heavy (non-hydrogen) atoms. The SMILES string of the molecule is Cc1cc(NC(=O)OC(C)(C)C)nnc1C(C)(C)O. The van der Waals surface area contributed by atoms with Crippen LogP contribution in [-0.2, 0) is 10.3 Å². The van der Waals surface area contributed by atoms with Crippen molar-refractivity contribution < 1.29 is 14.6 Å². The van der Waals surface area contributed by atoms with Crippen LogP contribution in [0.3, 0.4) is 0 Å². The number of aliphatic hydroxyl groups is 1. The summed E-state index contributed by atoms with van der Waals surface area (Å²) in [6.07, 6.45) is -0.586. The van der Waals surface area contributed by atoms with Gasteiger partial charge in [-0.05, 0) is 53.2 Å². The standard InChI is InChI=1S/C13H21N3O3/c1-8-7-9(14-11(17)19-12(2,3)4)15-16-10(8)13(5,6)18/h7,18H,1-6H3,(H,14,15,17). The Labute approximate surface area is 113 Å². The van der Waals surface area contributed by atoms with Crippen molar-refractivity contribution in [3.63, 3.8) is 0 Å². The van der Waals surface area contributed by atoms with E-state index >= 15 is 0 Å². The van der Waals surface area contributed by atoms with Crippen LogP contribution in [0.25, 0.3) is 0 Å². The van der Waals surface area contributed by atoms with Crippen LogP contribution in [0.2, 0.25) is 0 Å². The second kappa shape index (κ2) is 5.13. The Bertz CT molecular complexity index is 473. The quantitative estimate of drug-likeness (QED) is 0.859. The van der Waals surface area contributed by atoms with E-state index in [1.807, 2.05) is 0 Å². The number of carbonyl (C=O) groups is 1. The highest BCUT2D eigenvalue weighted by atomic mass is 16.6. The lowest BCUT2D eigenvalue weighted by atomic mass is 10.0. The number of hydrogen-bond acceptors (Lipinski definition) is 5. The first kappa shape index (κ1) is 15.4. The molecule has 0 aliphatic rings. The van der Waals surface area contributed by atoms with Crippen LogP contribution in [0.15, 0.2) is 6.07 Å². The van der Waals surface area contributed by atoms with Crippen molar-refractivity contribution in [1.29, 1.82) is 0 Å². The third kappa shape index (κ3) is 4.82. The lowest BCUT2D eigenvalue weighted by molar-refractivity contribution is 0.0635. The van der Waals surface area contributed by atoms with Crippen LogP contribution in [0, 0.1) is 6.92 Å². The molecular weight excluding hydrogens is 246 g/mol. The summed E-state index contributed by atoms with van der Waals surface area (Å²) >= 11 is 0. The number of ether oxygens (including phenoxy) is 1. The highest BCUT2D eigenvalue weighted by Gasteiger charge is 2.22. The number of rotatable bonds is 2. The van der Waals surface area contributed by atoms with E-state index < -0.39 is 17.3 Å². The molecule has 6 heteroatoms. The summed E-state index contributed by atoms with van der Waals surface area (Å²) in [4.78, 5) is 11.6. The normalized spacial score (nSPS) is 12.2. The second-order valence-electron chi connectivity index (χ2n) is 5.95. The van der Waals surface area contributed by atoms with E-state index in [0.29, 0.717) is 11.5 Å². The van der Waals surface area contributed by atoms with Crippen molar-refractivity contribution in [2.24, 2.45) is 0 Å². The maximum atomic E-state index is 11.6. The Balaban J connectivity index is 2.83. The second-order valence-corrected chi connectivity index (χ2v) is 5.95. The van der Waals surface area contributed by atoms with Crippen molar-refractivity contribution in [1.82, 2.24) is 10.2 Å². The number of nitrogens with one attached hydrogen (secondary N) is 1. The van der Waals surface area contributed by atoms with E-state index in [2.05, 4.69) is 15.5 Å². The molecule has 2 N–H and O–H groups in total. The molecule has 0 fully saturated rings. The van der Waals surface area contributed by atoms with Crippen molar-refractivity contribution in [3.05, 3.63) is 17.3 Å². The molecule has 0 spiro atoms. The molecule has 0 aliphatic carbocycles. The summed E-state index contributed by atoms with van der Waals surface area (Å²) < 4.78 is 5.11. The minimum absolute atomic E-state index is 0.291. The first-order valence-electron chi connectivity index (χ1n) is 6.06. The summed E-state index contributed by atoms with van der Waals surface area (Å²) in [5, 5.41) is 20.2. The van der Waals surface area contributed by atoms with Crippen LogP contribution < -0.4 is 5.32 Å². The topological polar surface area (TPSA) is 84.3 Å². The lowest BCUT2D eigenvalue weighted by Crippen LogP contribution is -2.28. The van der Waals surface area contributed by atoms with E-state index in [-0.39, 0.29) is 0 Å². The first-order chi connectivity index (χ1) is 8.49. The van der Waals surface area contributed by atoms with Gasteiger partial charge in [-0.1, -0.05) is 0 Å².